The molecule has 2 N–H and O–H groups in total. The van der Waals surface area contributed by atoms with E-state index in [4.69, 9.17) is 5.73 Å². The molecule has 19 heavy (non-hydrogen) atoms. The molecule has 1 aliphatic rings. The fourth-order valence-electron chi connectivity index (χ4n) is 3.02. The van der Waals surface area contributed by atoms with Gasteiger partial charge >= 0.3 is 0 Å². The van der Waals surface area contributed by atoms with Gasteiger partial charge in [-0.15, -0.1) is 0 Å². The third kappa shape index (κ3) is 3.93. The summed E-state index contributed by atoms with van der Waals surface area (Å²) >= 11 is 0. The Morgan fingerprint density at radius 3 is 2.42 bits per heavy atom. The Bertz CT molecular complexity index is 373. The van der Waals surface area contributed by atoms with Gasteiger partial charge in [0.1, 0.15) is 5.82 Å². The number of halogens is 1. The van der Waals surface area contributed by atoms with E-state index in [1.807, 2.05) is 12.1 Å². The SMILES string of the molecule is NCCCN(c1ccccc1F)C1CCCCCC1. The van der Waals surface area contributed by atoms with Crippen LogP contribution in [0.5, 0.6) is 0 Å². The van der Waals surface area contributed by atoms with Crippen LogP contribution in [0.15, 0.2) is 24.3 Å². The smallest absolute Gasteiger partial charge is 0.146 e. The standard InChI is InChI=1S/C16H25FN2/c17-15-10-5-6-11-16(15)19(13-7-12-18)14-8-3-1-2-4-9-14/h5-6,10-11,14H,1-4,7-9,12-13,18H2. The minimum absolute atomic E-state index is 0.108. The number of benzene rings is 1. The molecular formula is C16H25FN2. The molecule has 0 saturated heterocycles. The molecule has 0 heterocycles. The summed E-state index contributed by atoms with van der Waals surface area (Å²) in [6.07, 6.45) is 8.44. The van der Waals surface area contributed by atoms with Crippen molar-refractivity contribution in [2.24, 2.45) is 5.73 Å². The number of anilines is 1. The van der Waals surface area contributed by atoms with E-state index in [2.05, 4.69) is 4.90 Å². The van der Waals surface area contributed by atoms with Crippen LogP contribution in [0, 0.1) is 5.82 Å². The summed E-state index contributed by atoms with van der Waals surface area (Å²) in [5.41, 5.74) is 6.39. The highest BCUT2D eigenvalue weighted by Crippen LogP contribution is 2.28. The van der Waals surface area contributed by atoms with Crippen molar-refractivity contribution in [1.82, 2.24) is 0 Å². The molecule has 0 atom stereocenters. The summed E-state index contributed by atoms with van der Waals surface area (Å²) in [5, 5.41) is 0. The first kappa shape index (κ1) is 14.3. The van der Waals surface area contributed by atoms with E-state index in [9.17, 15) is 4.39 Å². The molecule has 0 spiro atoms. The first-order valence-corrected chi connectivity index (χ1v) is 7.54. The Labute approximate surface area is 115 Å². The number of rotatable bonds is 5. The number of para-hydroxylation sites is 1. The highest BCUT2D eigenvalue weighted by molar-refractivity contribution is 5.48. The van der Waals surface area contributed by atoms with Crippen molar-refractivity contribution in [3.05, 3.63) is 30.1 Å². The molecule has 2 nitrogen and oxygen atoms in total. The average molecular weight is 264 g/mol. The van der Waals surface area contributed by atoms with Crippen LogP contribution in [0.2, 0.25) is 0 Å². The maximum absolute atomic E-state index is 14.1. The highest BCUT2D eigenvalue weighted by Gasteiger charge is 2.21. The Morgan fingerprint density at radius 1 is 1.11 bits per heavy atom. The molecule has 1 aromatic carbocycles. The largest absolute Gasteiger partial charge is 0.366 e. The summed E-state index contributed by atoms with van der Waals surface area (Å²) < 4.78 is 14.1. The van der Waals surface area contributed by atoms with Crippen LogP contribution < -0.4 is 10.6 Å². The summed E-state index contributed by atoms with van der Waals surface area (Å²) in [6.45, 7) is 1.53. The van der Waals surface area contributed by atoms with Gasteiger partial charge in [0.15, 0.2) is 0 Å². The molecule has 0 aromatic heterocycles. The molecule has 0 amide bonds. The second-order valence-electron chi connectivity index (χ2n) is 5.43. The van der Waals surface area contributed by atoms with Crippen LogP contribution in [0.1, 0.15) is 44.9 Å². The zero-order valence-corrected chi connectivity index (χ0v) is 11.7. The minimum atomic E-state index is -0.108. The maximum atomic E-state index is 14.1. The normalized spacial score (nSPS) is 17.2. The van der Waals surface area contributed by atoms with Gasteiger partial charge in [0.25, 0.3) is 0 Å². The van der Waals surface area contributed by atoms with Gasteiger partial charge in [0.2, 0.25) is 0 Å². The van der Waals surface area contributed by atoms with E-state index in [1.165, 1.54) is 38.5 Å². The third-order valence-corrected chi connectivity index (χ3v) is 4.03. The zero-order chi connectivity index (χ0) is 13.5. The van der Waals surface area contributed by atoms with Gasteiger partial charge in [-0.2, -0.15) is 0 Å². The molecule has 3 heteroatoms. The average Bonchev–Trinajstić information content (AvgIpc) is 2.70. The van der Waals surface area contributed by atoms with E-state index >= 15 is 0 Å². The van der Waals surface area contributed by atoms with Crippen LogP contribution >= 0.6 is 0 Å². The molecule has 1 aliphatic carbocycles. The summed E-state index contributed by atoms with van der Waals surface area (Å²) in [5.74, 6) is -0.108. The molecule has 0 aliphatic heterocycles. The van der Waals surface area contributed by atoms with Crippen molar-refractivity contribution in [1.29, 1.82) is 0 Å². The molecule has 0 bridgehead atoms. The van der Waals surface area contributed by atoms with Gasteiger partial charge in [-0.25, -0.2) is 4.39 Å². The topological polar surface area (TPSA) is 29.3 Å². The van der Waals surface area contributed by atoms with Crippen molar-refractivity contribution < 1.29 is 4.39 Å². The predicted molar refractivity (Wildman–Crippen MR) is 78.9 cm³/mol. The maximum Gasteiger partial charge on any atom is 0.146 e. The molecule has 2 rings (SSSR count). The lowest BCUT2D eigenvalue weighted by molar-refractivity contribution is 0.507. The van der Waals surface area contributed by atoms with Crippen molar-refractivity contribution in [2.45, 2.75) is 51.0 Å². The van der Waals surface area contributed by atoms with Crippen LogP contribution in [-0.2, 0) is 0 Å². The van der Waals surface area contributed by atoms with Crippen molar-refractivity contribution >= 4 is 5.69 Å². The molecule has 0 radical (unpaired) electrons. The van der Waals surface area contributed by atoms with Crippen LogP contribution in [0.4, 0.5) is 10.1 Å². The van der Waals surface area contributed by atoms with Gasteiger partial charge in [-0.05, 0) is 37.9 Å². The molecule has 1 fully saturated rings. The molecule has 1 aromatic rings. The van der Waals surface area contributed by atoms with E-state index in [-0.39, 0.29) is 5.82 Å². The summed E-state index contributed by atoms with van der Waals surface area (Å²) in [4.78, 5) is 2.26. The molecule has 1 saturated carbocycles. The number of hydrogen-bond donors (Lipinski definition) is 1. The quantitative estimate of drug-likeness (QED) is 0.822. The van der Waals surface area contributed by atoms with Crippen LogP contribution in [0.25, 0.3) is 0 Å². The lowest BCUT2D eigenvalue weighted by Crippen LogP contribution is -2.37. The lowest BCUT2D eigenvalue weighted by Gasteiger charge is -2.33. The minimum Gasteiger partial charge on any atom is -0.366 e. The predicted octanol–water partition coefficient (Wildman–Crippen LogP) is 3.70. The first-order chi connectivity index (χ1) is 9.33. The van der Waals surface area contributed by atoms with Gasteiger partial charge in [-0.3, -0.25) is 0 Å². The van der Waals surface area contributed by atoms with E-state index in [1.54, 1.807) is 12.1 Å². The van der Waals surface area contributed by atoms with Crippen LogP contribution in [-0.4, -0.2) is 19.1 Å². The van der Waals surface area contributed by atoms with Gasteiger partial charge < -0.3 is 10.6 Å². The third-order valence-electron chi connectivity index (χ3n) is 4.03. The number of nitrogens with zero attached hydrogens (tertiary/aromatic N) is 1. The second kappa shape index (κ2) is 7.49. The first-order valence-electron chi connectivity index (χ1n) is 7.54. The number of hydrogen-bond acceptors (Lipinski definition) is 2. The number of nitrogens with two attached hydrogens (primary N) is 1. The monoisotopic (exact) mass is 264 g/mol. The second-order valence-corrected chi connectivity index (χ2v) is 5.43. The van der Waals surface area contributed by atoms with Gasteiger partial charge in [-0.1, -0.05) is 37.8 Å². The molecule has 106 valence electrons. The van der Waals surface area contributed by atoms with Gasteiger partial charge in [0, 0.05) is 12.6 Å². The fourth-order valence-corrected chi connectivity index (χ4v) is 3.02. The zero-order valence-electron chi connectivity index (χ0n) is 11.7. The Morgan fingerprint density at radius 2 is 1.79 bits per heavy atom. The summed E-state index contributed by atoms with van der Waals surface area (Å²) in [7, 11) is 0. The molecule has 0 unspecified atom stereocenters. The van der Waals surface area contributed by atoms with Crippen molar-refractivity contribution in [2.75, 3.05) is 18.0 Å². The van der Waals surface area contributed by atoms with E-state index in [0.29, 0.717) is 12.6 Å². The lowest BCUT2D eigenvalue weighted by atomic mass is 10.1. The summed E-state index contributed by atoms with van der Waals surface area (Å²) in [6, 6.07) is 7.61. The Hall–Kier alpha value is -1.09. The van der Waals surface area contributed by atoms with Crippen molar-refractivity contribution in [3.63, 3.8) is 0 Å². The van der Waals surface area contributed by atoms with Crippen LogP contribution in [0.3, 0.4) is 0 Å². The Balaban J connectivity index is 2.16. The molecular weight excluding hydrogens is 239 g/mol. The van der Waals surface area contributed by atoms with E-state index < -0.39 is 0 Å². The van der Waals surface area contributed by atoms with Gasteiger partial charge in [0.05, 0.1) is 5.69 Å². The fraction of sp³-hybridized carbons (Fsp3) is 0.625. The highest BCUT2D eigenvalue weighted by atomic mass is 19.1. The van der Waals surface area contributed by atoms with E-state index in [0.717, 1.165) is 18.7 Å². The van der Waals surface area contributed by atoms with Crippen molar-refractivity contribution in [3.8, 4) is 0 Å². The Kier molecular flexibility index (Phi) is 5.64.